The normalized spacial score (nSPS) is 9.53. The van der Waals surface area contributed by atoms with Crippen LogP contribution in [-0.4, -0.2) is 4.92 Å². The van der Waals surface area contributed by atoms with Gasteiger partial charge in [0.25, 0.3) is 5.69 Å². The molecule has 0 bridgehead atoms. The first-order valence-electron chi connectivity index (χ1n) is 5.58. The lowest BCUT2D eigenvalue weighted by molar-refractivity contribution is -0.385. The van der Waals surface area contributed by atoms with Gasteiger partial charge in [0.1, 0.15) is 12.4 Å². The van der Waals surface area contributed by atoms with Crippen molar-refractivity contribution in [2.75, 3.05) is 0 Å². The Morgan fingerprint density at radius 3 is 2.42 bits per heavy atom. The Labute approximate surface area is 111 Å². The predicted octanol–water partition coefficient (Wildman–Crippen LogP) is 3.64. The van der Waals surface area contributed by atoms with Crippen LogP contribution in [-0.2, 0) is 6.61 Å². The lowest BCUT2D eigenvalue weighted by atomic mass is 10.2. The van der Waals surface area contributed by atoms with Crippen molar-refractivity contribution in [3.63, 3.8) is 0 Å². The highest BCUT2D eigenvalue weighted by molar-refractivity contribution is 5.44. The summed E-state index contributed by atoms with van der Waals surface area (Å²) in [4.78, 5) is 10.3. The number of nitro benzene ring substituents is 1. The molecule has 0 atom stereocenters. The summed E-state index contributed by atoms with van der Waals surface area (Å²) >= 11 is 0. The molecule has 0 spiro atoms. The molecule has 2 rings (SSSR count). The van der Waals surface area contributed by atoms with E-state index in [9.17, 15) is 10.1 Å². The van der Waals surface area contributed by atoms with Crippen LogP contribution >= 0.6 is 0 Å². The van der Waals surface area contributed by atoms with Crippen LogP contribution in [0.25, 0.3) is 0 Å². The van der Waals surface area contributed by atoms with Gasteiger partial charge < -0.3 is 10.9 Å². The van der Waals surface area contributed by atoms with Crippen molar-refractivity contribution in [3.8, 4) is 5.75 Å². The first-order chi connectivity index (χ1) is 8.66. The van der Waals surface area contributed by atoms with Gasteiger partial charge in [0, 0.05) is 11.6 Å². The van der Waals surface area contributed by atoms with Crippen molar-refractivity contribution in [2.45, 2.75) is 13.5 Å². The van der Waals surface area contributed by atoms with E-state index in [-0.39, 0.29) is 11.8 Å². The van der Waals surface area contributed by atoms with Crippen LogP contribution in [0.4, 0.5) is 5.69 Å². The fourth-order valence-electron chi connectivity index (χ4n) is 1.66. The number of ether oxygens (including phenoxy) is 1. The van der Waals surface area contributed by atoms with Gasteiger partial charge in [0.2, 0.25) is 0 Å². The third-order valence-electron chi connectivity index (χ3n) is 2.61. The van der Waals surface area contributed by atoms with Gasteiger partial charge in [-0.15, -0.1) is 0 Å². The molecule has 0 saturated carbocycles. The van der Waals surface area contributed by atoms with Crippen LogP contribution in [0.3, 0.4) is 0 Å². The first-order valence-corrected chi connectivity index (χ1v) is 5.58. The van der Waals surface area contributed by atoms with Gasteiger partial charge in [-0.25, -0.2) is 0 Å². The second kappa shape index (κ2) is 6.51. The molecular weight excluding hydrogens is 244 g/mol. The van der Waals surface area contributed by atoms with Crippen molar-refractivity contribution in [2.24, 2.45) is 0 Å². The molecule has 0 amide bonds. The van der Waals surface area contributed by atoms with E-state index >= 15 is 0 Å². The van der Waals surface area contributed by atoms with Crippen molar-refractivity contribution >= 4 is 5.69 Å². The topological polar surface area (TPSA) is 87.4 Å². The van der Waals surface area contributed by atoms with Crippen molar-refractivity contribution in [3.05, 3.63) is 69.8 Å². The van der Waals surface area contributed by atoms with E-state index in [2.05, 4.69) is 0 Å². The molecule has 5 nitrogen and oxygen atoms in total. The summed E-state index contributed by atoms with van der Waals surface area (Å²) in [6, 6.07) is 14.5. The molecule has 0 aliphatic rings. The molecule has 3 N–H and O–H groups in total. The van der Waals surface area contributed by atoms with E-state index in [1.54, 1.807) is 19.1 Å². The maximum absolute atomic E-state index is 10.7. The van der Waals surface area contributed by atoms with Crippen LogP contribution in [0.15, 0.2) is 48.5 Å². The Hall–Kier alpha value is -2.40. The van der Waals surface area contributed by atoms with E-state index in [4.69, 9.17) is 4.74 Å². The monoisotopic (exact) mass is 260 g/mol. The number of nitro groups is 1. The second-order valence-electron chi connectivity index (χ2n) is 3.98. The van der Waals surface area contributed by atoms with E-state index in [0.29, 0.717) is 17.9 Å². The highest BCUT2D eigenvalue weighted by atomic mass is 16.6. The Morgan fingerprint density at radius 1 is 1.16 bits per heavy atom. The van der Waals surface area contributed by atoms with Crippen molar-refractivity contribution < 1.29 is 9.66 Å². The van der Waals surface area contributed by atoms with Crippen LogP contribution < -0.4 is 10.9 Å². The maximum atomic E-state index is 10.7. The molecular formula is C14H16N2O3. The smallest absolute Gasteiger partial charge is 0.272 e. The molecule has 0 heterocycles. The van der Waals surface area contributed by atoms with Gasteiger partial charge in [-0.05, 0) is 24.6 Å². The number of rotatable bonds is 4. The molecule has 0 radical (unpaired) electrons. The molecule has 100 valence electrons. The summed E-state index contributed by atoms with van der Waals surface area (Å²) in [5.41, 5.74) is 1.78. The summed E-state index contributed by atoms with van der Waals surface area (Å²) in [6.45, 7) is 2.16. The van der Waals surface area contributed by atoms with Crippen molar-refractivity contribution in [1.82, 2.24) is 6.15 Å². The van der Waals surface area contributed by atoms with Crippen LogP contribution in [0.5, 0.6) is 5.75 Å². The summed E-state index contributed by atoms with van der Waals surface area (Å²) in [5, 5.41) is 10.7. The van der Waals surface area contributed by atoms with Gasteiger partial charge in [-0.2, -0.15) is 0 Å². The van der Waals surface area contributed by atoms with E-state index in [0.717, 1.165) is 5.56 Å². The average Bonchev–Trinajstić information content (AvgIpc) is 2.37. The second-order valence-corrected chi connectivity index (χ2v) is 3.98. The largest absolute Gasteiger partial charge is 0.489 e. The summed E-state index contributed by atoms with van der Waals surface area (Å²) < 4.78 is 5.59. The van der Waals surface area contributed by atoms with Crippen LogP contribution in [0, 0.1) is 17.0 Å². The number of hydrogen-bond acceptors (Lipinski definition) is 4. The van der Waals surface area contributed by atoms with Gasteiger partial charge in [0.05, 0.1) is 4.92 Å². The third kappa shape index (κ3) is 3.79. The number of aryl methyl sites for hydroxylation is 1. The van der Waals surface area contributed by atoms with Crippen molar-refractivity contribution in [1.29, 1.82) is 0 Å². The van der Waals surface area contributed by atoms with E-state index < -0.39 is 4.92 Å². The Bertz CT molecular complexity index is 556. The highest BCUT2D eigenvalue weighted by Crippen LogP contribution is 2.23. The summed E-state index contributed by atoms with van der Waals surface area (Å²) in [5.74, 6) is 0.641. The fraction of sp³-hybridized carbons (Fsp3) is 0.143. The van der Waals surface area contributed by atoms with E-state index in [1.807, 2.05) is 30.3 Å². The molecule has 5 heteroatoms. The molecule has 19 heavy (non-hydrogen) atoms. The predicted molar refractivity (Wildman–Crippen MR) is 73.6 cm³/mol. The molecule has 2 aromatic carbocycles. The zero-order valence-electron chi connectivity index (χ0n) is 10.7. The highest BCUT2D eigenvalue weighted by Gasteiger charge is 2.10. The average molecular weight is 260 g/mol. The zero-order valence-corrected chi connectivity index (χ0v) is 10.7. The lowest BCUT2D eigenvalue weighted by Gasteiger charge is -2.07. The molecule has 2 aromatic rings. The number of nitrogens with zero attached hydrogens (tertiary/aromatic N) is 1. The minimum absolute atomic E-state index is 0. The number of benzene rings is 2. The van der Waals surface area contributed by atoms with Crippen LogP contribution in [0.2, 0.25) is 0 Å². The zero-order chi connectivity index (χ0) is 13.0. The summed E-state index contributed by atoms with van der Waals surface area (Å²) in [7, 11) is 0. The molecule has 0 saturated heterocycles. The Kier molecular flexibility index (Phi) is 5.02. The minimum atomic E-state index is -0.393. The maximum Gasteiger partial charge on any atom is 0.272 e. The quantitative estimate of drug-likeness (QED) is 0.671. The standard InChI is InChI=1S/C14H13NO3.H3N/c1-11-9-13(7-8-14(11)15(16)17)18-10-12-5-3-2-4-6-12;/h2-9H,10H2,1H3;1H3. The SMILES string of the molecule is Cc1cc(OCc2ccccc2)ccc1[N+](=O)[O-].N. The molecule has 0 fully saturated rings. The summed E-state index contributed by atoms with van der Waals surface area (Å²) in [6.07, 6.45) is 0. The molecule has 0 aromatic heterocycles. The molecule has 0 aliphatic carbocycles. The number of hydrogen-bond donors (Lipinski definition) is 1. The van der Waals surface area contributed by atoms with Gasteiger partial charge in [0.15, 0.2) is 0 Å². The fourth-order valence-corrected chi connectivity index (χ4v) is 1.66. The molecule has 0 unspecified atom stereocenters. The van der Waals surface area contributed by atoms with Crippen LogP contribution in [0.1, 0.15) is 11.1 Å². The Morgan fingerprint density at radius 2 is 1.84 bits per heavy atom. The van der Waals surface area contributed by atoms with Gasteiger partial charge >= 0.3 is 0 Å². The first kappa shape index (κ1) is 14.7. The Balaban J connectivity index is 0.00000180. The third-order valence-corrected chi connectivity index (χ3v) is 2.61. The van der Waals surface area contributed by atoms with Gasteiger partial charge in [-0.1, -0.05) is 30.3 Å². The van der Waals surface area contributed by atoms with Gasteiger partial charge in [-0.3, -0.25) is 10.1 Å². The molecule has 0 aliphatic heterocycles. The minimum Gasteiger partial charge on any atom is -0.489 e. The van der Waals surface area contributed by atoms with E-state index in [1.165, 1.54) is 6.07 Å². The lowest BCUT2D eigenvalue weighted by Crippen LogP contribution is -1.97.